The zero-order valence-corrected chi connectivity index (χ0v) is 13.2. The van der Waals surface area contributed by atoms with Gasteiger partial charge in [0.2, 0.25) is 0 Å². The first-order valence-electron chi connectivity index (χ1n) is 7.60. The van der Waals surface area contributed by atoms with E-state index in [4.69, 9.17) is 0 Å². The van der Waals surface area contributed by atoms with E-state index in [1.807, 2.05) is 0 Å². The van der Waals surface area contributed by atoms with Crippen LogP contribution in [-0.4, -0.2) is 0 Å². The summed E-state index contributed by atoms with van der Waals surface area (Å²) >= 11 is 0. The molecule has 0 radical (unpaired) electrons. The Morgan fingerprint density at radius 3 is 1.73 bits per heavy atom. The monoisotopic (exact) mass is 300 g/mol. The second-order valence-corrected chi connectivity index (χ2v) is 7.80. The lowest BCUT2D eigenvalue weighted by atomic mass is 10.1. The maximum absolute atomic E-state index is 2.40. The van der Waals surface area contributed by atoms with E-state index in [1.165, 1.54) is 21.7 Å². The van der Waals surface area contributed by atoms with Gasteiger partial charge in [-0.05, 0) is 41.4 Å². The Balaban J connectivity index is 1.80. The Kier molecular flexibility index (Phi) is 3.62. The summed E-state index contributed by atoms with van der Waals surface area (Å²) in [6.45, 7) is 0. The van der Waals surface area contributed by atoms with Gasteiger partial charge >= 0.3 is 0 Å². The molecule has 3 aromatic carbocycles. The number of hydrogen-bond donors (Lipinski definition) is 0. The molecule has 0 fully saturated rings. The van der Waals surface area contributed by atoms with Crippen LogP contribution in [0.15, 0.2) is 90.2 Å². The van der Waals surface area contributed by atoms with Gasteiger partial charge in [0.25, 0.3) is 0 Å². The molecular formula is C21H17P. The van der Waals surface area contributed by atoms with Crippen LogP contribution in [-0.2, 0) is 6.42 Å². The van der Waals surface area contributed by atoms with Crippen molar-refractivity contribution in [2.75, 3.05) is 0 Å². The quantitative estimate of drug-likeness (QED) is 0.614. The molecule has 0 amide bonds. The molecule has 0 spiro atoms. The smallest absolute Gasteiger partial charge is 0.000885 e. The predicted molar refractivity (Wildman–Crippen MR) is 97.2 cm³/mol. The molecule has 0 unspecified atom stereocenters. The number of rotatable bonds is 3. The van der Waals surface area contributed by atoms with Gasteiger partial charge in [-0.15, -0.1) is 0 Å². The highest BCUT2D eigenvalue weighted by molar-refractivity contribution is 7.77. The molecule has 0 nitrogen and oxygen atoms in total. The SMILES string of the molecule is C1=C(P(c2ccccc2)c2ccccc2)Cc2ccccc21. The predicted octanol–water partition coefficient (Wildman–Crippen LogP) is 4.72. The minimum Gasteiger partial charge on any atom is -0.0622 e. The van der Waals surface area contributed by atoms with Crippen molar-refractivity contribution in [3.05, 3.63) is 101 Å². The van der Waals surface area contributed by atoms with E-state index in [2.05, 4.69) is 91.0 Å². The third-order valence-electron chi connectivity index (χ3n) is 4.06. The lowest BCUT2D eigenvalue weighted by Crippen LogP contribution is -2.12. The second-order valence-electron chi connectivity index (χ2n) is 5.52. The molecule has 1 aliphatic carbocycles. The number of hydrogen-bond acceptors (Lipinski definition) is 0. The standard InChI is InChI=1S/C21H17P/c1-3-11-19(12-4-1)22(20-13-5-2-6-14-20)21-15-17-9-7-8-10-18(17)16-21/h1-15H,16H2. The van der Waals surface area contributed by atoms with Crippen LogP contribution in [0, 0.1) is 0 Å². The molecule has 22 heavy (non-hydrogen) atoms. The summed E-state index contributed by atoms with van der Waals surface area (Å²) in [6.07, 6.45) is 3.48. The summed E-state index contributed by atoms with van der Waals surface area (Å²) in [6, 6.07) is 30.6. The van der Waals surface area contributed by atoms with Gasteiger partial charge in [-0.25, -0.2) is 0 Å². The average Bonchev–Trinajstić information content (AvgIpc) is 3.00. The van der Waals surface area contributed by atoms with Crippen LogP contribution in [0.4, 0.5) is 0 Å². The van der Waals surface area contributed by atoms with Crippen molar-refractivity contribution in [2.24, 2.45) is 0 Å². The van der Waals surface area contributed by atoms with E-state index in [9.17, 15) is 0 Å². The van der Waals surface area contributed by atoms with Crippen molar-refractivity contribution in [3.8, 4) is 0 Å². The molecule has 4 rings (SSSR count). The van der Waals surface area contributed by atoms with Gasteiger partial charge < -0.3 is 0 Å². The number of allylic oxidation sites excluding steroid dienone is 1. The Morgan fingerprint density at radius 2 is 1.14 bits per heavy atom. The molecule has 0 saturated carbocycles. The fraction of sp³-hybridized carbons (Fsp3) is 0.0476. The molecule has 106 valence electrons. The fourth-order valence-corrected chi connectivity index (χ4v) is 5.54. The molecule has 0 bridgehead atoms. The maximum Gasteiger partial charge on any atom is -0.000885 e. The summed E-state index contributed by atoms with van der Waals surface area (Å²) < 4.78 is 0. The fourth-order valence-electron chi connectivity index (χ4n) is 3.04. The van der Waals surface area contributed by atoms with E-state index in [0.717, 1.165) is 6.42 Å². The van der Waals surface area contributed by atoms with E-state index >= 15 is 0 Å². The van der Waals surface area contributed by atoms with Crippen LogP contribution in [0.2, 0.25) is 0 Å². The van der Waals surface area contributed by atoms with Gasteiger partial charge in [0.05, 0.1) is 0 Å². The summed E-state index contributed by atoms with van der Waals surface area (Å²) in [5.41, 5.74) is 2.84. The summed E-state index contributed by atoms with van der Waals surface area (Å²) in [7, 11) is -0.437. The first-order chi connectivity index (χ1) is 10.9. The highest BCUT2D eigenvalue weighted by atomic mass is 31.1. The van der Waals surface area contributed by atoms with E-state index in [0.29, 0.717) is 0 Å². The van der Waals surface area contributed by atoms with Crippen molar-refractivity contribution in [2.45, 2.75) is 6.42 Å². The lowest BCUT2D eigenvalue weighted by molar-refractivity contribution is 1.29. The van der Waals surface area contributed by atoms with E-state index in [1.54, 1.807) is 5.31 Å². The van der Waals surface area contributed by atoms with E-state index in [-0.39, 0.29) is 0 Å². The molecule has 0 N–H and O–H groups in total. The molecule has 1 heteroatoms. The largest absolute Gasteiger partial charge is 0.0622 e. The molecular weight excluding hydrogens is 283 g/mol. The third kappa shape index (κ3) is 2.51. The van der Waals surface area contributed by atoms with Gasteiger partial charge in [-0.2, -0.15) is 0 Å². The molecule has 0 atom stereocenters. The lowest BCUT2D eigenvalue weighted by Gasteiger charge is -2.20. The number of benzene rings is 3. The van der Waals surface area contributed by atoms with Gasteiger partial charge in [-0.1, -0.05) is 91.0 Å². The van der Waals surface area contributed by atoms with Crippen molar-refractivity contribution in [1.29, 1.82) is 0 Å². The van der Waals surface area contributed by atoms with Crippen LogP contribution in [0.3, 0.4) is 0 Å². The first kappa shape index (κ1) is 13.5. The number of fused-ring (bicyclic) bond motifs is 1. The zero-order valence-electron chi connectivity index (χ0n) is 12.3. The maximum atomic E-state index is 2.40. The molecule has 0 saturated heterocycles. The molecule has 0 aliphatic heterocycles. The van der Waals surface area contributed by atoms with Gasteiger partial charge in [0.15, 0.2) is 0 Å². The van der Waals surface area contributed by atoms with Gasteiger partial charge in [-0.3, -0.25) is 0 Å². The van der Waals surface area contributed by atoms with E-state index < -0.39 is 7.92 Å². The Hall–Kier alpha value is -2.17. The topological polar surface area (TPSA) is 0 Å². The van der Waals surface area contributed by atoms with Gasteiger partial charge in [0, 0.05) is 0 Å². The molecule has 0 aromatic heterocycles. The Labute approximate surface area is 132 Å². The van der Waals surface area contributed by atoms with Crippen LogP contribution in [0.5, 0.6) is 0 Å². The highest BCUT2D eigenvalue weighted by Crippen LogP contribution is 2.48. The first-order valence-corrected chi connectivity index (χ1v) is 8.95. The van der Waals surface area contributed by atoms with Crippen molar-refractivity contribution in [1.82, 2.24) is 0 Å². The van der Waals surface area contributed by atoms with Crippen molar-refractivity contribution >= 4 is 24.6 Å². The zero-order chi connectivity index (χ0) is 14.8. The molecule has 1 aliphatic rings. The van der Waals surface area contributed by atoms with Crippen molar-refractivity contribution in [3.63, 3.8) is 0 Å². The molecule has 0 heterocycles. The second kappa shape index (κ2) is 5.91. The normalized spacial score (nSPS) is 13.0. The van der Waals surface area contributed by atoms with Gasteiger partial charge in [0.1, 0.15) is 0 Å². The minimum atomic E-state index is -0.437. The Bertz CT molecular complexity index is 764. The van der Waals surface area contributed by atoms with Crippen LogP contribution >= 0.6 is 7.92 Å². The summed E-state index contributed by atoms with van der Waals surface area (Å²) in [5.74, 6) is 0. The molecule has 3 aromatic rings. The summed E-state index contributed by atoms with van der Waals surface area (Å²) in [5, 5.41) is 4.42. The van der Waals surface area contributed by atoms with Crippen LogP contribution in [0.1, 0.15) is 11.1 Å². The van der Waals surface area contributed by atoms with Crippen molar-refractivity contribution < 1.29 is 0 Å². The average molecular weight is 300 g/mol. The third-order valence-corrected chi connectivity index (χ3v) is 6.56. The summed E-state index contributed by atoms with van der Waals surface area (Å²) in [4.78, 5) is 0. The van der Waals surface area contributed by atoms with Crippen LogP contribution < -0.4 is 10.6 Å². The minimum absolute atomic E-state index is 0.437. The Morgan fingerprint density at radius 1 is 0.591 bits per heavy atom. The highest BCUT2D eigenvalue weighted by Gasteiger charge is 2.23. The van der Waals surface area contributed by atoms with Crippen LogP contribution in [0.25, 0.3) is 6.08 Å².